The van der Waals surface area contributed by atoms with E-state index in [2.05, 4.69) is 10.0 Å². The number of carbonyl (C=O) groups excluding carboxylic acids is 1. The van der Waals surface area contributed by atoms with Gasteiger partial charge in [-0.15, -0.1) is 0 Å². The molecule has 0 saturated heterocycles. The van der Waals surface area contributed by atoms with Crippen LogP contribution < -0.4 is 10.0 Å². The highest BCUT2D eigenvalue weighted by molar-refractivity contribution is 7.89. The summed E-state index contributed by atoms with van der Waals surface area (Å²) >= 11 is 5.85. The van der Waals surface area contributed by atoms with Crippen molar-refractivity contribution < 1.29 is 13.2 Å². The van der Waals surface area contributed by atoms with E-state index in [4.69, 9.17) is 11.6 Å². The number of nitrogens with one attached hydrogen (secondary N) is 2. The average Bonchev–Trinajstić information content (AvgIpc) is 2.73. The minimum atomic E-state index is -3.54. The molecule has 170 valence electrons. The number of amides is 1. The van der Waals surface area contributed by atoms with Crippen molar-refractivity contribution in [3.8, 4) is 0 Å². The molecule has 2 aromatic rings. The fourth-order valence-corrected chi connectivity index (χ4v) is 8.00. The molecule has 2 aromatic carbocycles. The first-order valence-electron chi connectivity index (χ1n) is 11.5. The lowest BCUT2D eigenvalue weighted by atomic mass is 9.53. The minimum Gasteiger partial charge on any atom is -0.352 e. The molecule has 0 aromatic heterocycles. The van der Waals surface area contributed by atoms with Crippen molar-refractivity contribution in [3.05, 3.63) is 64.7 Å². The molecule has 7 heteroatoms. The molecule has 2 N–H and O–H groups in total. The predicted octanol–water partition coefficient (Wildman–Crippen LogP) is 4.56. The maximum Gasteiger partial charge on any atom is 0.251 e. The Kier molecular flexibility index (Phi) is 5.81. The molecule has 6 rings (SSSR count). The molecule has 1 amide bonds. The van der Waals surface area contributed by atoms with Crippen LogP contribution in [0.2, 0.25) is 5.02 Å². The molecule has 5 nitrogen and oxygen atoms in total. The van der Waals surface area contributed by atoms with Crippen molar-refractivity contribution in [1.82, 2.24) is 10.0 Å². The van der Waals surface area contributed by atoms with Crippen molar-refractivity contribution in [3.63, 3.8) is 0 Å². The number of hydrogen-bond acceptors (Lipinski definition) is 3. The molecule has 4 aliphatic carbocycles. The van der Waals surface area contributed by atoms with E-state index in [1.807, 2.05) is 12.1 Å². The smallest absolute Gasteiger partial charge is 0.251 e. The van der Waals surface area contributed by atoms with Gasteiger partial charge in [-0.05, 0) is 105 Å². The summed E-state index contributed by atoms with van der Waals surface area (Å²) in [4.78, 5) is 12.5. The Labute approximate surface area is 195 Å². The molecule has 0 spiro atoms. The summed E-state index contributed by atoms with van der Waals surface area (Å²) in [7, 11) is -3.54. The van der Waals surface area contributed by atoms with Gasteiger partial charge in [0.15, 0.2) is 0 Å². The van der Waals surface area contributed by atoms with Gasteiger partial charge in [0.2, 0.25) is 10.0 Å². The van der Waals surface area contributed by atoms with Crippen molar-refractivity contribution >= 4 is 27.5 Å². The summed E-state index contributed by atoms with van der Waals surface area (Å²) in [6.45, 7) is 0.471. The van der Waals surface area contributed by atoms with Gasteiger partial charge in [0.25, 0.3) is 5.91 Å². The highest BCUT2D eigenvalue weighted by Crippen LogP contribution is 2.55. The Morgan fingerprint density at radius 2 is 1.47 bits per heavy atom. The molecule has 0 radical (unpaired) electrons. The van der Waals surface area contributed by atoms with E-state index in [1.165, 1.54) is 19.3 Å². The summed E-state index contributed by atoms with van der Waals surface area (Å²) in [6.07, 6.45) is 7.44. The second-order valence-corrected chi connectivity index (χ2v) is 12.1. The van der Waals surface area contributed by atoms with Crippen LogP contribution >= 0.6 is 11.6 Å². The van der Waals surface area contributed by atoms with Crippen molar-refractivity contribution in [2.24, 2.45) is 17.8 Å². The Hall–Kier alpha value is -1.89. The fourth-order valence-electron chi connectivity index (χ4n) is 6.44. The van der Waals surface area contributed by atoms with Gasteiger partial charge in [-0.1, -0.05) is 23.7 Å². The molecule has 0 aliphatic heterocycles. The number of carbonyl (C=O) groups is 1. The molecule has 4 aliphatic rings. The average molecular weight is 473 g/mol. The quantitative estimate of drug-likeness (QED) is 0.620. The van der Waals surface area contributed by atoms with E-state index < -0.39 is 10.0 Å². The molecule has 0 heterocycles. The SMILES string of the molecule is O=C(NCCc1ccc(S(=O)(=O)NC23CC4CC(CC(C4)C2)C3)cc1)c1ccc(Cl)cc1. The number of rotatable bonds is 7. The van der Waals surface area contributed by atoms with Crippen LogP contribution in [0.5, 0.6) is 0 Å². The second-order valence-electron chi connectivity index (χ2n) is 9.96. The Morgan fingerprint density at radius 1 is 0.906 bits per heavy atom. The van der Waals surface area contributed by atoms with Crippen LogP contribution in [0, 0.1) is 17.8 Å². The first kappa shape index (κ1) is 21.9. The summed E-state index contributed by atoms with van der Waals surface area (Å²) in [6, 6.07) is 13.8. The van der Waals surface area contributed by atoms with E-state index in [9.17, 15) is 13.2 Å². The molecule has 0 unspecified atom stereocenters. The number of hydrogen-bond donors (Lipinski definition) is 2. The first-order valence-corrected chi connectivity index (χ1v) is 13.3. The molecule has 0 atom stereocenters. The normalized spacial score (nSPS) is 28.6. The molecule has 32 heavy (non-hydrogen) atoms. The molecule has 4 fully saturated rings. The van der Waals surface area contributed by atoms with Crippen LogP contribution in [0.3, 0.4) is 0 Å². The topological polar surface area (TPSA) is 75.3 Å². The van der Waals surface area contributed by atoms with Gasteiger partial charge in [0.1, 0.15) is 0 Å². The number of sulfonamides is 1. The van der Waals surface area contributed by atoms with E-state index in [-0.39, 0.29) is 11.4 Å². The molecule has 4 bridgehead atoms. The lowest BCUT2D eigenvalue weighted by molar-refractivity contribution is -0.00810. The van der Waals surface area contributed by atoms with Crippen molar-refractivity contribution in [2.45, 2.75) is 55.4 Å². The van der Waals surface area contributed by atoms with Crippen LogP contribution in [0.25, 0.3) is 0 Å². The van der Waals surface area contributed by atoms with Gasteiger partial charge in [-0.25, -0.2) is 13.1 Å². The van der Waals surface area contributed by atoms with E-state index in [1.54, 1.807) is 36.4 Å². The lowest BCUT2D eigenvalue weighted by Crippen LogP contribution is -2.59. The summed E-state index contributed by atoms with van der Waals surface area (Å²) < 4.78 is 29.4. The highest BCUT2D eigenvalue weighted by atomic mass is 35.5. The Morgan fingerprint density at radius 3 is 2.03 bits per heavy atom. The van der Waals surface area contributed by atoms with Crippen LogP contribution in [-0.2, 0) is 16.4 Å². The third-order valence-electron chi connectivity index (χ3n) is 7.43. The van der Waals surface area contributed by atoms with Crippen molar-refractivity contribution in [2.75, 3.05) is 6.54 Å². The maximum atomic E-state index is 13.1. The van der Waals surface area contributed by atoms with Crippen molar-refractivity contribution in [1.29, 1.82) is 0 Å². The fraction of sp³-hybridized carbons (Fsp3) is 0.480. The molecular formula is C25H29ClN2O3S. The summed E-state index contributed by atoms with van der Waals surface area (Å²) in [5.41, 5.74) is 1.31. The second kappa shape index (κ2) is 8.47. The number of halogens is 1. The van der Waals surface area contributed by atoms with E-state index in [0.717, 1.165) is 24.8 Å². The van der Waals surface area contributed by atoms with Gasteiger partial charge in [0.05, 0.1) is 4.90 Å². The summed E-state index contributed by atoms with van der Waals surface area (Å²) in [5.74, 6) is 1.92. The van der Waals surface area contributed by atoms with E-state index >= 15 is 0 Å². The lowest BCUT2D eigenvalue weighted by Gasteiger charge is -2.56. The van der Waals surface area contributed by atoms with Crippen LogP contribution in [-0.4, -0.2) is 26.4 Å². The van der Waals surface area contributed by atoms with Crippen LogP contribution in [0.1, 0.15) is 54.4 Å². The molecular weight excluding hydrogens is 444 g/mol. The molecule has 4 saturated carbocycles. The summed E-state index contributed by atoms with van der Waals surface area (Å²) in [5, 5.41) is 3.48. The largest absolute Gasteiger partial charge is 0.352 e. The van der Waals surface area contributed by atoms with Gasteiger partial charge in [0, 0.05) is 22.7 Å². The predicted molar refractivity (Wildman–Crippen MR) is 125 cm³/mol. The third kappa shape index (κ3) is 4.59. The van der Waals surface area contributed by atoms with Gasteiger partial charge in [-0.3, -0.25) is 4.79 Å². The first-order chi connectivity index (χ1) is 15.3. The standard InChI is InChI=1S/C25H29ClN2O3S/c26-22-5-3-21(4-6-22)24(29)27-10-9-17-1-7-23(8-2-17)32(30,31)28-25-14-18-11-19(15-25)13-20(12-18)16-25/h1-8,18-20,28H,9-16H2,(H,27,29). The van der Waals surface area contributed by atoms with Crippen LogP contribution in [0.15, 0.2) is 53.4 Å². The van der Waals surface area contributed by atoms with Gasteiger partial charge < -0.3 is 5.32 Å². The Bertz CT molecular complexity index is 1060. The van der Waals surface area contributed by atoms with Gasteiger partial charge >= 0.3 is 0 Å². The Balaban J connectivity index is 1.18. The monoisotopic (exact) mass is 472 g/mol. The van der Waals surface area contributed by atoms with Gasteiger partial charge in [-0.2, -0.15) is 0 Å². The zero-order valence-electron chi connectivity index (χ0n) is 18.0. The highest BCUT2D eigenvalue weighted by Gasteiger charge is 2.52. The minimum absolute atomic E-state index is 0.152. The van der Waals surface area contributed by atoms with E-state index in [0.29, 0.717) is 46.2 Å². The zero-order valence-corrected chi connectivity index (χ0v) is 19.6. The number of benzene rings is 2. The van der Waals surface area contributed by atoms with Crippen LogP contribution in [0.4, 0.5) is 0 Å². The third-order valence-corrected chi connectivity index (χ3v) is 9.27. The maximum absolute atomic E-state index is 13.1. The zero-order chi connectivity index (χ0) is 22.3.